The molecular formula is C23H30N2O3. The molecule has 0 unspecified atom stereocenters. The van der Waals surface area contributed by atoms with Crippen LogP contribution in [0.25, 0.3) is 0 Å². The Bertz CT molecular complexity index is 771. The largest absolute Gasteiger partial charge is 0.493 e. The van der Waals surface area contributed by atoms with Crippen LogP contribution in [-0.4, -0.2) is 50.1 Å². The Hall–Kier alpha value is -2.53. The number of likely N-dealkylation sites (tertiary alicyclic amines) is 1. The zero-order chi connectivity index (χ0) is 19.9. The van der Waals surface area contributed by atoms with Gasteiger partial charge in [0.25, 0.3) is 0 Å². The number of piperidine rings is 1. The van der Waals surface area contributed by atoms with Crippen molar-refractivity contribution in [1.29, 1.82) is 0 Å². The number of carbonyl (C=O) groups is 1. The fourth-order valence-electron chi connectivity index (χ4n) is 3.90. The molecule has 1 fully saturated rings. The Morgan fingerprint density at radius 1 is 1.04 bits per heavy atom. The quantitative estimate of drug-likeness (QED) is 0.734. The molecule has 5 nitrogen and oxygen atoms in total. The monoisotopic (exact) mass is 382 g/mol. The highest BCUT2D eigenvalue weighted by molar-refractivity contribution is 5.78. The van der Waals surface area contributed by atoms with Crippen LogP contribution in [0, 0.1) is 5.92 Å². The molecule has 0 atom stereocenters. The molecule has 5 heteroatoms. The SMILES string of the molecule is COc1cccc(CN2CCC(C(=O)N(C)Cc3ccccc3)CC2)c1OC. The Balaban J connectivity index is 1.54. The molecule has 3 rings (SSSR count). The minimum absolute atomic E-state index is 0.108. The van der Waals surface area contributed by atoms with Gasteiger partial charge in [-0.2, -0.15) is 0 Å². The molecule has 1 aliphatic heterocycles. The van der Waals surface area contributed by atoms with E-state index in [0.717, 1.165) is 49.5 Å². The van der Waals surface area contributed by atoms with Crippen LogP contribution in [0.1, 0.15) is 24.0 Å². The molecule has 0 spiro atoms. The lowest BCUT2D eigenvalue weighted by Crippen LogP contribution is -2.40. The number of amides is 1. The minimum atomic E-state index is 0.108. The van der Waals surface area contributed by atoms with E-state index in [9.17, 15) is 4.79 Å². The molecule has 2 aromatic carbocycles. The summed E-state index contributed by atoms with van der Waals surface area (Å²) in [7, 11) is 5.24. The second-order valence-corrected chi connectivity index (χ2v) is 7.38. The van der Waals surface area contributed by atoms with Gasteiger partial charge in [-0.1, -0.05) is 42.5 Å². The van der Waals surface area contributed by atoms with Crippen LogP contribution in [-0.2, 0) is 17.9 Å². The predicted octanol–water partition coefficient (Wildman–Crippen LogP) is 3.57. The van der Waals surface area contributed by atoms with Crippen molar-refractivity contribution in [3.63, 3.8) is 0 Å². The van der Waals surface area contributed by atoms with Crippen LogP contribution >= 0.6 is 0 Å². The van der Waals surface area contributed by atoms with Gasteiger partial charge in [0.1, 0.15) is 0 Å². The zero-order valence-corrected chi connectivity index (χ0v) is 17.1. The maximum absolute atomic E-state index is 12.8. The van der Waals surface area contributed by atoms with E-state index in [1.807, 2.05) is 42.3 Å². The van der Waals surface area contributed by atoms with Gasteiger partial charge in [-0.3, -0.25) is 9.69 Å². The van der Waals surface area contributed by atoms with Crippen LogP contribution in [0.4, 0.5) is 0 Å². The summed E-state index contributed by atoms with van der Waals surface area (Å²) in [6, 6.07) is 16.1. The van der Waals surface area contributed by atoms with Crippen molar-refractivity contribution in [1.82, 2.24) is 9.80 Å². The Morgan fingerprint density at radius 3 is 2.39 bits per heavy atom. The lowest BCUT2D eigenvalue weighted by molar-refractivity contribution is -0.136. The molecule has 1 amide bonds. The summed E-state index contributed by atoms with van der Waals surface area (Å²) < 4.78 is 10.9. The molecule has 0 aliphatic carbocycles. The molecule has 0 aromatic heterocycles. The highest BCUT2D eigenvalue weighted by Gasteiger charge is 2.27. The smallest absolute Gasteiger partial charge is 0.225 e. The number of carbonyl (C=O) groups excluding carboxylic acids is 1. The first-order chi connectivity index (χ1) is 13.6. The fraction of sp³-hybridized carbons (Fsp3) is 0.435. The van der Waals surface area contributed by atoms with Gasteiger partial charge in [-0.15, -0.1) is 0 Å². The minimum Gasteiger partial charge on any atom is -0.493 e. The van der Waals surface area contributed by atoms with Crippen molar-refractivity contribution in [2.24, 2.45) is 5.92 Å². The molecule has 0 radical (unpaired) electrons. The van der Waals surface area contributed by atoms with Gasteiger partial charge in [0.15, 0.2) is 11.5 Å². The summed E-state index contributed by atoms with van der Waals surface area (Å²) in [6.07, 6.45) is 1.79. The fourth-order valence-corrected chi connectivity index (χ4v) is 3.90. The molecule has 0 saturated carbocycles. The number of para-hydroxylation sites is 1. The van der Waals surface area contributed by atoms with Crippen molar-refractivity contribution in [2.45, 2.75) is 25.9 Å². The highest BCUT2D eigenvalue weighted by Crippen LogP contribution is 2.32. The summed E-state index contributed by atoms with van der Waals surface area (Å²) in [4.78, 5) is 17.1. The normalized spacial score (nSPS) is 15.2. The maximum atomic E-state index is 12.8. The first kappa shape index (κ1) is 20.2. The maximum Gasteiger partial charge on any atom is 0.225 e. The molecule has 2 aromatic rings. The molecule has 1 saturated heterocycles. The van der Waals surface area contributed by atoms with Crippen LogP contribution in [0.5, 0.6) is 11.5 Å². The van der Waals surface area contributed by atoms with Gasteiger partial charge < -0.3 is 14.4 Å². The van der Waals surface area contributed by atoms with Gasteiger partial charge in [0, 0.05) is 31.6 Å². The van der Waals surface area contributed by atoms with Gasteiger partial charge >= 0.3 is 0 Å². The summed E-state index contributed by atoms with van der Waals surface area (Å²) in [5.74, 6) is 1.91. The number of ether oxygens (including phenoxy) is 2. The van der Waals surface area contributed by atoms with Crippen molar-refractivity contribution >= 4 is 5.91 Å². The Labute approximate surface area is 167 Å². The molecule has 1 aliphatic rings. The van der Waals surface area contributed by atoms with E-state index in [1.165, 1.54) is 5.56 Å². The average molecular weight is 383 g/mol. The van der Waals surface area contributed by atoms with E-state index in [0.29, 0.717) is 6.54 Å². The number of methoxy groups -OCH3 is 2. The van der Waals surface area contributed by atoms with E-state index in [2.05, 4.69) is 23.1 Å². The van der Waals surface area contributed by atoms with E-state index in [1.54, 1.807) is 14.2 Å². The molecule has 150 valence electrons. The molecule has 28 heavy (non-hydrogen) atoms. The standard InChI is InChI=1S/C23H30N2O3/c1-24(16-18-8-5-4-6-9-18)23(26)19-12-14-25(15-13-19)17-20-10-7-11-21(27-2)22(20)28-3/h4-11,19H,12-17H2,1-3H3. The topological polar surface area (TPSA) is 42.0 Å². The van der Waals surface area contributed by atoms with Gasteiger partial charge in [-0.25, -0.2) is 0 Å². The van der Waals surface area contributed by atoms with Gasteiger partial charge in [0.05, 0.1) is 14.2 Å². The molecular weight excluding hydrogens is 352 g/mol. The summed E-state index contributed by atoms with van der Waals surface area (Å²) in [5, 5.41) is 0. The van der Waals surface area contributed by atoms with Crippen LogP contribution < -0.4 is 9.47 Å². The van der Waals surface area contributed by atoms with E-state index < -0.39 is 0 Å². The third-order valence-electron chi connectivity index (χ3n) is 5.45. The van der Waals surface area contributed by atoms with Crippen molar-refractivity contribution in [2.75, 3.05) is 34.4 Å². The second-order valence-electron chi connectivity index (χ2n) is 7.38. The summed E-state index contributed by atoms with van der Waals surface area (Å²) in [6.45, 7) is 3.30. The Kier molecular flexibility index (Phi) is 6.93. The number of benzene rings is 2. The molecule has 1 heterocycles. The number of hydrogen-bond donors (Lipinski definition) is 0. The van der Waals surface area contributed by atoms with Gasteiger partial charge in [0.2, 0.25) is 5.91 Å². The first-order valence-electron chi connectivity index (χ1n) is 9.83. The predicted molar refractivity (Wildman–Crippen MR) is 110 cm³/mol. The van der Waals surface area contributed by atoms with Crippen LogP contribution in [0.3, 0.4) is 0 Å². The number of hydrogen-bond acceptors (Lipinski definition) is 4. The van der Waals surface area contributed by atoms with Crippen LogP contribution in [0.2, 0.25) is 0 Å². The molecule has 0 bridgehead atoms. The second kappa shape index (κ2) is 9.60. The third-order valence-corrected chi connectivity index (χ3v) is 5.45. The zero-order valence-electron chi connectivity index (χ0n) is 17.1. The summed E-state index contributed by atoms with van der Waals surface area (Å²) >= 11 is 0. The van der Waals surface area contributed by atoms with Crippen molar-refractivity contribution in [3.8, 4) is 11.5 Å². The van der Waals surface area contributed by atoms with Crippen LogP contribution in [0.15, 0.2) is 48.5 Å². The third kappa shape index (κ3) is 4.84. The first-order valence-corrected chi connectivity index (χ1v) is 9.83. The number of nitrogens with zero attached hydrogens (tertiary/aromatic N) is 2. The molecule has 0 N–H and O–H groups in total. The van der Waals surface area contributed by atoms with E-state index in [-0.39, 0.29) is 11.8 Å². The van der Waals surface area contributed by atoms with E-state index >= 15 is 0 Å². The van der Waals surface area contributed by atoms with Crippen molar-refractivity contribution in [3.05, 3.63) is 59.7 Å². The average Bonchev–Trinajstić information content (AvgIpc) is 2.74. The lowest BCUT2D eigenvalue weighted by atomic mass is 9.94. The highest BCUT2D eigenvalue weighted by atomic mass is 16.5. The number of rotatable bonds is 7. The lowest BCUT2D eigenvalue weighted by Gasteiger charge is -2.33. The van der Waals surface area contributed by atoms with Gasteiger partial charge in [-0.05, 0) is 37.6 Å². The summed E-state index contributed by atoms with van der Waals surface area (Å²) in [5.41, 5.74) is 2.29. The van der Waals surface area contributed by atoms with E-state index in [4.69, 9.17) is 9.47 Å². The Morgan fingerprint density at radius 2 is 1.75 bits per heavy atom. The van der Waals surface area contributed by atoms with Crippen molar-refractivity contribution < 1.29 is 14.3 Å².